The van der Waals surface area contributed by atoms with Crippen molar-refractivity contribution in [2.45, 2.75) is 13.0 Å². The van der Waals surface area contributed by atoms with Gasteiger partial charge < -0.3 is 15.4 Å². The van der Waals surface area contributed by atoms with Crippen LogP contribution < -0.4 is 10.6 Å². The maximum Gasteiger partial charge on any atom is 0.339 e. The van der Waals surface area contributed by atoms with Crippen LogP contribution in [0.25, 0.3) is 0 Å². The molecule has 0 aliphatic rings. The van der Waals surface area contributed by atoms with E-state index >= 15 is 0 Å². The molecule has 0 unspecified atom stereocenters. The average Bonchev–Trinajstić information content (AvgIpc) is 2.62. The van der Waals surface area contributed by atoms with E-state index in [1.165, 1.54) is 50.4 Å². The van der Waals surface area contributed by atoms with Crippen LogP contribution in [0.2, 0.25) is 0 Å². The van der Waals surface area contributed by atoms with Gasteiger partial charge in [-0.15, -0.1) is 0 Å². The van der Waals surface area contributed by atoms with Gasteiger partial charge in [0.1, 0.15) is 11.5 Å². The molecule has 26 heavy (non-hydrogen) atoms. The van der Waals surface area contributed by atoms with Gasteiger partial charge in [0.2, 0.25) is 0 Å². The predicted octanol–water partition coefficient (Wildman–Crippen LogP) is 2.96. The van der Waals surface area contributed by atoms with Crippen molar-refractivity contribution in [3.8, 4) is 0 Å². The lowest BCUT2D eigenvalue weighted by Crippen LogP contribution is -2.30. The molecule has 0 aliphatic carbocycles. The molecule has 0 heterocycles. The van der Waals surface area contributed by atoms with Gasteiger partial charge in [0.05, 0.1) is 10.5 Å². The van der Waals surface area contributed by atoms with Crippen LogP contribution in [0.1, 0.15) is 17.3 Å². The minimum atomic E-state index is -1.16. The lowest BCUT2D eigenvalue weighted by Gasteiger charge is -2.14. The van der Waals surface area contributed by atoms with Crippen molar-refractivity contribution < 1.29 is 23.6 Å². The van der Waals surface area contributed by atoms with E-state index in [1.807, 2.05) is 0 Å². The topological polar surface area (TPSA) is 111 Å². The van der Waals surface area contributed by atoms with Gasteiger partial charge in [-0.3, -0.25) is 14.9 Å². The number of nitro groups is 1. The molecule has 8 nitrogen and oxygen atoms in total. The van der Waals surface area contributed by atoms with E-state index in [-0.39, 0.29) is 16.9 Å². The van der Waals surface area contributed by atoms with E-state index in [0.29, 0.717) is 5.69 Å². The molecule has 0 spiro atoms. The van der Waals surface area contributed by atoms with Crippen LogP contribution in [-0.4, -0.2) is 30.0 Å². The minimum Gasteiger partial charge on any atom is -0.449 e. The normalized spacial score (nSPS) is 11.3. The monoisotopic (exact) mass is 361 g/mol. The Kier molecular flexibility index (Phi) is 5.84. The number of esters is 1. The summed E-state index contributed by atoms with van der Waals surface area (Å²) in [6.45, 7) is 1.35. The summed E-state index contributed by atoms with van der Waals surface area (Å²) in [5, 5.41) is 16.2. The summed E-state index contributed by atoms with van der Waals surface area (Å²) in [5.74, 6) is -1.95. The Hall–Kier alpha value is -3.49. The highest BCUT2D eigenvalue weighted by atomic mass is 19.1. The quantitative estimate of drug-likeness (QED) is 0.465. The molecule has 2 N–H and O–H groups in total. The highest BCUT2D eigenvalue weighted by Gasteiger charge is 2.22. The molecule has 2 aromatic carbocycles. The van der Waals surface area contributed by atoms with E-state index in [0.717, 1.165) is 6.07 Å². The maximum absolute atomic E-state index is 12.9. The molecule has 2 aromatic rings. The molecule has 0 saturated carbocycles. The zero-order chi connectivity index (χ0) is 19.3. The summed E-state index contributed by atoms with van der Waals surface area (Å²) in [7, 11) is 1.52. The zero-order valence-corrected chi connectivity index (χ0v) is 14.0. The molecule has 0 fully saturated rings. The first-order valence-electron chi connectivity index (χ1n) is 7.55. The number of hydrogen-bond donors (Lipinski definition) is 2. The number of nitro benzene ring substituents is 1. The number of halogens is 1. The highest BCUT2D eigenvalue weighted by Crippen LogP contribution is 2.25. The van der Waals surface area contributed by atoms with Gasteiger partial charge in [-0.25, -0.2) is 9.18 Å². The van der Waals surface area contributed by atoms with E-state index in [2.05, 4.69) is 10.6 Å². The van der Waals surface area contributed by atoms with Crippen LogP contribution in [0.3, 0.4) is 0 Å². The van der Waals surface area contributed by atoms with Crippen molar-refractivity contribution in [3.63, 3.8) is 0 Å². The number of nitrogens with zero attached hydrogens (tertiary/aromatic N) is 1. The number of hydrogen-bond acceptors (Lipinski definition) is 6. The fourth-order valence-corrected chi connectivity index (χ4v) is 2.08. The molecule has 2 rings (SSSR count). The molecule has 0 aromatic heterocycles. The number of rotatable bonds is 6. The lowest BCUT2D eigenvalue weighted by molar-refractivity contribution is -0.384. The van der Waals surface area contributed by atoms with Crippen LogP contribution in [0, 0.1) is 15.9 Å². The zero-order valence-electron chi connectivity index (χ0n) is 14.0. The second-order valence-corrected chi connectivity index (χ2v) is 5.28. The Bertz CT molecular complexity index is 839. The summed E-state index contributed by atoms with van der Waals surface area (Å²) in [5.41, 5.74) is 0.240. The fraction of sp³-hybridized carbons (Fsp3) is 0.176. The number of amides is 1. The summed E-state index contributed by atoms with van der Waals surface area (Å²) in [6, 6.07) is 8.87. The highest BCUT2D eigenvalue weighted by molar-refractivity contribution is 5.97. The Morgan fingerprint density at radius 2 is 1.85 bits per heavy atom. The SMILES string of the molecule is CNc1ccc(C(=O)O[C@H](C)C(=O)Nc2ccc(F)cc2)cc1[N+](=O)[O-]. The third-order valence-corrected chi connectivity index (χ3v) is 3.46. The van der Waals surface area contributed by atoms with Crippen molar-refractivity contribution in [2.75, 3.05) is 17.7 Å². The molecule has 0 radical (unpaired) electrons. The first-order chi connectivity index (χ1) is 12.3. The van der Waals surface area contributed by atoms with Crippen molar-refractivity contribution in [1.29, 1.82) is 0 Å². The molecular weight excluding hydrogens is 345 g/mol. The van der Waals surface area contributed by atoms with Crippen LogP contribution in [-0.2, 0) is 9.53 Å². The van der Waals surface area contributed by atoms with Gasteiger partial charge in [0.15, 0.2) is 6.10 Å². The van der Waals surface area contributed by atoms with Crippen LogP contribution in [0.15, 0.2) is 42.5 Å². The average molecular weight is 361 g/mol. The molecule has 0 bridgehead atoms. The van der Waals surface area contributed by atoms with E-state index in [9.17, 15) is 24.1 Å². The first kappa shape index (κ1) is 18.8. The first-order valence-corrected chi connectivity index (χ1v) is 7.55. The van der Waals surface area contributed by atoms with Crippen LogP contribution in [0.4, 0.5) is 21.5 Å². The largest absolute Gasteiger partial charge is 0.449 e. The van der Waals surface area contributed by atoms with Crippen molar-refractivity contribution in [2.24, 2.45) is 0 Å². The standard InChI is InChI=1S/C17H16FN3O5/c1-10(16(22)20-13-6-4-12(18)5-7-13)26-17(23)11-3-8-14(19-2)15(9-11)21(24)25/h3-10,19H,1-2H3,(H,20,22)/t10-/m1/s1. The van der Waals surface area contributed by atoms with Crippen molar-refractivity contribution >= 4 is 28.9 Å². The molecule has 1 amide bonds. The van der Waals surface area contributed by atoms with Crippen LogP contribution in [0.5, 0.6) is 0 Å². The Balaban J connectivity index is 2.06. The van der Waals surface area contributed by atoms with Crippen LogP contribution >= 0.6 is 0 Å². The predicted molar refractivity (Wildman–Crippen MR) is 92.6 cm³/mol. The maximum atomic E-state index is 12.9. The van der Waals surface area contributed by atoms with Gasteiger partial charge in [0.25, 0.3) is 11.6 Å². The number of anilines is 2. The lowest BCUT2D eigenvalue weighted by atomic mass is 10.1. The second kappa shape index (κ2) is 8.06. The Morgan fingerprint density at radius 1 is 1.19 bits per heavy atom. The summed E-state index contributed by atoms with van der Waals surface area (Å²) in [4.78, 5) is 34.6. The van der Waals surface area contributed by atoms with Gasteiger partial charge in [0, 0.05) is 18.8 Å². The molecule has 136 valence electrons. The smallest absolute Gasteiger partial charge is 0.339 e. The van der Waals surface area contributed by atoms with Crippen molar-refractivity contribution in [1.82, 2.24) is 0 Å². The van der Waals surface area contributed by atoms with Gasteiger partial charge in [-0.05, 0) is 43.3 Å². The second-order valence-electron chi connectivity index (χ2n) is 5.28. The molecule has 0 aliphatic heterocycles. The van der Waals surface area contributed by atoms with E-state index in [1.54, 1.807) is 0 Å². The van der Waals surface area contributed by atoms with Gasteiger partial charge >= 0.3 is 5.97 Å². The van der Waals surface area contributed by atoms with E-state index in [4.69, 9.17) is 4.74 Å². The van der Waals surface area contributed by atoms with Gasteiger partial charge in [-0.1, -0.05) is 0 Å². The number of carbonyl (C=O) groups excluding carboxylic acids is 2. The number of nitrogens with one attached hydrogen (secondary N) is 2. The molecule has 0 saturated heterocycles. The number of ether oxygens (including phenoxy) is 1. The summed E-state index contributed by atoms with van der Waals surface area (Å²) < 4.78 is 17.9. The van der Waals surface area contributed by atoms with E-state index < -0.39 is 28.7 Å². The fourth-order valence-electron chi connectivity index (χ4n) is 2.08. The molecule has 9 heteroatoms. The summed E-state index contributed by atoms with van der Waals surface area (Å²) >= 11 is 0. The minimum absolute atomic E-state index is 0.0582. The molecular formula is C17H16FN3O5. The third-order valence-electron chi connectivity index (χ3n) is 3.46. The Labute approximate surface area is 148 Å². The number of carbonyl (C=O) groups is 2. The summed E-state index contributed by atoms with van der Waals surface area (Å²) in [6.07, 6.45) is -1.16. The Morgan fingerprint density at radius 3 is 2.42 bits per heavy atom. The third kappa shape index (κ3) is 4.53. The molecule has 1 atom stereocenters. The van der Waals surface area contributed by atoms with Crippen molar-refractivity contribution in [3.05, 3.63) is 64.0 Å². The van der Waals surface area contributed by atoms with Gasteiger partial charge in [-0.2, -0.15) is 0 Å². The number of benzene rings is 2.